The van der Waals surface area contributed by atoms with Crippen molar-refractivity contribution in [2.75, 3.05) is 7.11 Å². The Kier molecular flexibility index (Phi) is 3.58. The maximum Gasteiger partial charge on any atom is 0.406 e. The molecular weight excluding hydrogens is 327 g/mol. The zero-order valence-corrected chi connectivity index (χ0v) is 11.4. The summed E-state index contributed by atoms with van der Waals surface area (Å²) in [5.74, 6) is -0.587. The summed E-state index contributed by atoms with van der Waals surface area (Å²) in [6.07, 6.45) is -3.02. The van der Waals surface area contributed by atoms with Gasteiger partial charge in [-0.2, -0.15) is 13.2 Å². The van der Waals surface area contributed by atoms with Gasteiger partial charge in [0.05, 0.1) is 18.2 Å². The van der Waals surface area contributed by atoms with Crippen molar-refractivity contribution < 1.29 is 22.7 Å². The number of benzene rings is 1. The predicted octanol–water partition coefficient (Wildman–Crippen LogP) is 3.75. The zero-order chi connectivity index (χ0) is 14.2. The molecule has 0 aliphatic heterocycles. The molecule has 0 fully saturated rings. The number of aromatic nitrogens is 1. The summed E-state index contributed by atoms with van der Waals surface area (Å²) in [7, 11) is 1.22. The van der Waals surface area contributed by atoms with Gasteiger partial charge in [0.2, 0.25) is 0 Å². The van der Waals surface area contributed by atoms with E-state index in [-0.39, 0.29) is 5.56 Å². The minimum atomic E-state index is -4.32. The molecule has 0 saturated heterocycles. The number of hydrogen-bond donors (Lipinski definition) is 0. The molecule has 0 aliphatic carbocycles. The first-order chi connectivity index (χ1) is 8.81. The summed E-state index contributed by atoms with van der Waals surface area (Å²) in [6.45, 7) is -1.10. The quantitative estimate of drug-likeness (QED) is 0.782. The normalized spacial score (nSPS) is 11.8. The van der Waals surface area contributed by atoms with Gasteiger partial charge >= 0.3 is 12.1 Å². The minimum Gasteiger partial charge on any atom is -0.465 e. The second-order valence-electron chi connectivity index (χ2n) is 3.94. The van der Waals surface area contributed by atoms with Crippen molar-refractivity contribution in [1.82, 2.24) is 4.57 Å². The van der Waals surface area contributed by atoms with E-state index in [1.165, 1.54) is 31.5 Å². The summed E-state index contributed by atoms with van der Waals surface area (Å²) >= 11 is 3.18. The molecule has 0 spiro atoms. The van der Waals surface area contributed by atoms with Crippen LogP contribution in [0.2, 0.25) is 0 Å². The van der Waals surface area contributed by atoms with Crippen molar-refractivity contribution in [2.45, 2.75) is 12.7 Å². The van der Waals surface area contributed by atoms with E-state index < -0.39 is 18.7 Å². The molecule has 2 aromatic rings. The molecule has 2 rings (SSSR count). The molecule has 1 aromatic carbocycles. The van der Waals surface area contributed by atoms with E-state index in [0.717, 1.165) is 4.57 Å². The van der Waals surface area contributed by atoms with Gasteiger partial charge in [0.1, 0.15) is 6.54 Å². The molecule has 0 bridgehead atoms. The summed E-state index contributed by atoms with van der Waals surface area (Å²) < 4.78 is 43.5. The highest BCUT2D eigenvalue weighted by atomic mass is 79.9. The van der Waals surface area contributed by atoms with E-state index in [0.29, 0.717) is 15.4 Å². The van der Waals surface area contributed by atoms with Gasteiger partial charge in [-0.25, -0.2) is 4.79 Å². The molecule has 1 aromatic heterocycles. The Morgan fingerprint density at radius 2 is 2.11 bits per heavy atom. The van der Waals surface area contributed by atoms with Gasteiger partial charge in [-0.3, -0.25) is 0 Å². The standard InChI is InChI=1S/C12H9BrF3NO2/c1-19-11(18)9-4-7(13)5-10-8(9)2-3-17(10)6-12(14,15)16/h2-5H,6H2,1H3. The van der Waals surface area contributed by atoms with Crippen molar-refractivity contribution in [3.63, 3.8) is 0 Å². The summed E-state index contributed by atoms with van der Waals surface area (Å²) in [4.78, 5) is 11.6. The minimum absolute atomic E-state index is 0.229. The summed E-state index contributed by atoms with van der Waals surface area (Å²) in [5.41, 5.74) is 0.555. The van der Waals surface area contributed by atoms with Crippen LogP contribution in [0.1, 0.15) is 10.4 Å². The first-order valence-electron chi connectivity index (χ1n) is 5.25. The fraction of sp³-hybridized carbons (Fsp3) is 0.250. The molecule has 102 valence electrons. The first-order valence-corrected chi connectivity index (χ1v) is 6.04. The topological polar surface area (TPSA) is 31.2 Å². The fourth-order valence-electron chi connectivity index (χ4n) is 1.87. The number of carbonyl (C=O) groups excluding carboxylic acids is 1. The third kappa shape index (κ3) is 2.91. The average Bonchev–Trinajstić information content (AvgIpc) is 2.68. The van der Waals surface area contributed by atoms with Crippen molar-refractivity contribution in [2.24, 2.45) is 0 Å². The highest BCUT2D eigenvalue weighted by Gasteiger charge is 2.28. The Balaban J connectivity index is 2.60. The molecular formula is C12H9BrF3NO2. The number of esters is 1. The fourth-order valence-corrected chi connectivity index (χ4v) is 2.32. The maximum absolute atomic E-state index is 12.4. The van der Waals surface area contributed by atoms with Crippen LogP contribution in [0.15, 0.2) is 28.9 Å². The van der Waals surface area contributed by atoms with Crippen molar-refractivity contribution >= 4 is 32.8 Å². The molecule has 3 nitrogen and oxygen atoms in total. The third-order valence-corrected chi connectivity index (χ3v) is 3.07. The van der Waals surface area contributed by atoms with Crippen molar-refractivity contribution in [3.8, 4) is 0 Å². The molecule has 7 heteroatoms. The molecule has 0 atom stereocenters. The smallest absolute Gasteiger partial charge is 0.406 e. The zero-order valence-electron chi connectivity index (χ0n) is 9.79. The molecule has 19 heavy (non-hydrogen) atoms. The van der Waals surface area contributed by atoms with Crippen molar-refractivity contribution in [3.05, 3.63) is 34.4 Å². The molecule has 0 unspecified atom stereocenters. The largest absolute Gasteiger partial charge is 0.465 e. The summed E-state index contributed by atoms with van der Waals surface area (Å²) in [5, 5.41) is 0.430. The van der Waals surface area contributed by atoms with Crippen LogP contribution in [0.5, 0.6) is 0 Å². The van der Waals surface area contributed by atoms with E-state index in [2.05, 4.69) is 20.7 Å². The molecule has 0 amide bonds. The SMILES string of the molecule is COC(=O)c1cc(Br)cc2c1ccn2CC(F)(F)F. The van der Waals surface area contributed by atoms with Crippen LogP contribution in [0.4, 0.5) is 13.2 Å². The number of fused-ring (bicyclic) bond motifs is 1. The number of methoxy groups -OCH3 is 1. The lowest BCUT2D eigenvalue weighted by molar-refractivity contribution is -0.139. The highest BCUT2D eigenvalue weighted by Crippen LogP contribution is 2.28. The van der Waals surface area contributed by atoms with E-state index in [9.17, 15) is 18.0 Å². The van der Waals surface area contributed by atoms with Gasteiger partial charge < -0.3 is 9.30 Å². The summed E-state index contributed by atoms with van der Waals surface area (Å²) in [6, 6.07) is 4.53. The average molecular weight is 336 g/mol. The third-order valence-electron chi connectivity index (χ3n) is 2.61. The predicted molar refractivity (Wildman–Crippen MR) is 67.0 cm³/mol. The van der Waals surface area contributed by atoms with Crippen LogP contribution in [-0.2, 0) is 11.3 Å². The molecule has 0 radical (unpaired) electrons. The van der Waals surface area contributed by atoms with Gasteiger partial charge in [0, 0.05) is 16.1 Å². The number of nitrogens with zero attached hydrogens (tertiary/aromatic N) is 1. The molecule has 0 N–H and O–H groups in total. The highest BCUT2D eigenvalue weighted by molar-refractivity contribution is 9.10. The maximum atomic E-state index is 12.4. The van der Waals surface area contributed by atoms with Gasteiger partial charge in [0.15, 0.2) is 0 Å². The van der Waals surface area contributed by atoms with Crippen LogP contribution in [0, 0.1) is 0 Å². The van der Waals surface area contributed by atoms with E-state index >= 15 is 0 Å². The van der Waals surface area contributed by atoms with Crippen LogP contribution in [-0.4, -0.2) is 23.8 Å². The number of hydrogen-bond acceptors (Lipinski definition) is 2. The second-order valence-corrected chi connectivity index (χ2v) is 4.85. The number of halogens is 4. The van der Waals surface area contributed by atoms with Crippen LogP contribution in [0.25, 0.3) is 10.9 Å². The molecule has 1 heterocycles. The Bertz CT molecular complexity index is 634. The number of carbonyl (C=O) groups is 1. The Morgan fingerprint density at radius 3 is 2.68 bits per heavy atom. The van der Waals surface area contributed by atoms with Gasteiger partial charge in [-0.05, 0) is 18.2 Å². The monoisotopic (exact) mass is 335 g/mol. The number of ether oxygens (including phenoxy) is 1. The van der Waals surface area contributed by atoms with Crippen molar-refractivity contribution in [1.29, 1.82) is 0 Å². The van der Waals surface area contributed by atoms with E-state index in [4.69, 9.17) is 0 Å². The lowest BCUT2D eigenvalue weighted by Crippen LogP contribution is -2.16. The van der Waals surface area contributed by atoms with Crippen LogP contribution in [0.3, 0.4) is 0 Å². The lowest BCUT2D eigenvalue weighted by Gasteiger charge is -2.10. The number of alkyl halides is 3. The van der Waals surface area contributed by atoms with Gasteiger partial charge in [-0.15, -0.1) is 0 Å². The Morgan fingerprint density at radius 1 is 1.42 bits per heavy atom. The second kappa shape index (κ2) is 4.88. The van der Waals surface area contributed by atoms with Crippen LogP contribution < -0.4 is 0 Å². The lowest BCUT2D eigenvalue weighted by atomic mass is 10.1. The van der Waals surface area contributed by atoms with Gasteiger partial charge in [-0.1, -0.05) is 15.9 Å². The first kappa shape index (κ1) is 13.9. The van der Waals surface area contributed by atoms with E-state index in [1.807, 2.05) is 0 Å². The Labute approximate surface area is 115 Å². The molecule has 0 aliphatic rings. The molecule has 0 saturated carbocycles. The van der Waals surface area contributed by atoms with E-state index in [1.54, 1.807) is 0 Å². The Hall–Kier alpha value is -1.50. The van der Waals surface area contributed by atoms with Gasteiger partial charge in [0.25, 0.3) is 0 Å². The number of rotatable bonds is 2. The van der Waals surface area contributed by atoms with Crippen LogP contribution >= 0.6 is 15.9 Å².